The Morgan fingerprint density at radius 2 is 2.20 bits per heavy atom. The molecule has 6 nitrogen and oxygen atoms in total. The Kier molecular flexibility index (Phi) is 4.65. The van der Waals surface area contributed by atoms with Gasteiger partial charge in [0.05, 0.1) is 11.8 Å². The van der Waals surface area contributed by atoms with Crippen molar-refractivity contribution >= 4 is 11.7 Å². The van der Waals surface area contributed by atoms with Gasteiger partial charge in [-0.3, -0.25) is 0 Å². The monoisotopic (exact) mass is 278 g/mol. The summed E-state index contributed by atoms with van der Waals surface area (Å²) in [6.07, 6.45) is 3.55. The number of carbonyl (C=O) groups is 1. The van der Waals surface area contributed by atoms with Crippen LogP contribution in [0.4, 0.5) is 10.5 Å². The number of amides is 2. The Morgan fingerprint density at radius 3 is 2.80 bits per heavy atom. The number of nitrogens with two attached hydrogens (primary N) is 1. The topological polar surface area (TPSA) is 80.5 Å². The van der Waals surface area contributed by atoms with E-state index in [1.54, 1.807) is 11.1 Å². The van der Waals surface area contributed by atoms with Crippen LogP contribution in [0.5, 0.6) is 5.88 Å². The zero-order chi connectivity index (χ0) is 14.5. The molecule has 3 N–H and O–H groups in total. The van der Waals surface area contributed by atoms with Crippen molar-refractivity contribution in [2.45, 2.75) is 38.8 Å². The number of ether oxygens (including phenoxy) is 1. The predicted octanol–water partition coefficient (Wildman–Crippen LogP) is 1.82. The van der Waals surface area contributed by atoms with Crippen LogP contribution in [-0.2, 0) is 0 Å². The largest absolute Gasteiger partial charge is 0.473 e. The summed E-state index contributed by atoms with van der Waals surface area (Å²) in [6, 6.07) is 3.82. The van der Waals surface area contributed by atoms with Gasteiger partial charge in [-0.2, -0.15) is 0 Å². The third kappa shape index (κ3) is 3.76. The second-order valence-corrected chi connectivity index (χ2v) is 5.27. The highest BCUT2D eigenvalue weighted by Gasteiger charge is 2.22. The molecule has 0 unspecified atom stereocenters. The first-order valence-corrected chi connectivity index (χ1v) is 6.99. The molecule has 0 saturated carbocycles. The molecule has 0 atom stereocenters. The maximum Gasteiger partial charge on any atom is 0.314 e. The van der Waals surface area contributed by atoms with E-state index in [1.807, 2.05) is 26.0 Å². The number of primary amides is 1. The molecular formula is C14H22N4O2. The average molecular weight is 278 g/mol. The normalized spacial score (nSPS) is 16.2. The van der Waals surface area contributed by atoms with Crippen LogP contribution in [0.3, 0.4) is 0 Å². The number of likely N-dealkylation sites (tertiary alicyclic amines) is 1. The smallest absolute Gasteiger partial charge is 0.314 e. The highest BCUT2D eigenvalue weighted by molar-refractivity contribution is 5.72. The molecule has 20 heavy (non-hydrogen) atoms. The Hall–Kier alpha value is -1.98. The van der Waals surface area contributed by atoms with Gasteiger partial charge in [0, 0.05) is 25.3 Å². The standard InChI is InChI=1S/C14H22N4O2/c1-10(2)20-13-12(4-3-7-16-13)17-11-5-8-18(9-6-11)14(15)19/h3-4,7,10-11,17H,5-6,8-9H2,1-2H3,(H2,15,19). The number of nitrogens with zero attached hydrogens (tertiary/aromatic N) is 2. The lowest BCUT2D eigenvalue weighted by atomic mass is 10.1. The van der Waals surface area contributed by atoms with Gasteiger partial charge in [0.1, 0.15) is 0 Å². The molecule has 1 aliphatic heterocycles. The van der Waals surface area contributed by atoms with E-state index in [0.717, 1.165) is 18.5 Å². The van der Waals surface area contributed by atoms with E-state index in [-0.39, 0.29) is 12.1 Å². The fourth-order valence-corrected chi connectivity index (χ4v) is 2.28. The molecule has 1 saturated heterocycles. The molecule has 1 fully saturated rings. The molecule has 2 heterocycles. The van der Waals surface area contributed by atoms with E-state index in [4.69, 9.17) is 10.5 Å². The van der Waals surface area contributed by atoms with Crippen molar-refractivity contribution in [3.63, 3.8) is 0 Å². The van der Waals surface area contributed by atoms with Crippen molar-refractivity contribution in [1.82, 2.24) is 9.88 Å². The van der Waals surface area contributed by atoms with Crippen molar-refractivity contribution in [3.8, 4) is 5.88 Å². The molecule has 0 aromatic carbocycles. The maximum absolute atomic E-state index is 11.1. The summed E-state index contributed by atoms with van der Waals surface area (Å²) in [6.45, 7) is 5.33. The van der Waals surface area contributed by atoms with Gasteiger partial charge in [0.25, 0.3) is 0 Å². The summed E-state index contributed by atoms with van der Waals surface area (Å²) < 4.78 is 5.69. The van der Waals surface area contributed by atoms with Gasteiger partial charge >= 0.3 is 6.03 Å². The Labute approximate surface area is 119 Å². The van der Waals surface area contributed by atoms with Crippen LogP contribution in [0.25, 0.3) is 0 Å². The van der Waals surface area contributed by atoms with Gasteiger partial charge in [-0.15, -0.1) is 0 Å². The highest BCUT2D eigenvalue weighted by atomic mass is 16.5. The molecule has 0 radical (unpaired) electrons. The van der Waals surface area contributed by atoms with Gasteiger partial charge < -0.3 is 20.7 Å². The zero-order valence-corrected chi connectivity index (χ0v) is 12.0. The first-order valence-electron chi connectivity index (χ1n) is 6.99. The summed E-state index contributed by atoms with van der Waals surface area (Å²) in [5.41, 5.74) is 6.18. The SMILES string of the molecule is CC(C)Oc1ncccc1NC1CCN(C(N)=O)CC1. The maximum atomic E-state index is 11.1. The quantitative estimate of drug-likeness (QED) is 0.880. The first-order chi connectivity index (χ1) is 9.56. The fourth-order valence-electron chi connectivity index (χ4n) is 2.28. The second kappa shape index (κ2) is 6.45. The van der Waals surface area contributed by atoms with Crippen LogP contribution >= 0.6 is 0 Å². The third-order valence-electron chi connectivity index (χ3n) is 3.28. The van der Waals surface area contributed by atoms with Crippen molar-refractivity contribution in [2.75, 3.05) is 18.4 Å². The Bertz CT molecular complexity index is 456. The summed E-state index contributed by atoms with van der Waals surface area (Å²) in [7, 11) is 0. The number of rotatable bonds is 4. The predicted molar refractivity (Wildman–Crippen MR) is 77.8 cm³/mol. The number of carbonyl (C=O) groups excluding carboxylic acids is 1. The van der Waals surface area contributed by atoms with E-state index in [9.17, 15) is 4.79 Å². The number of urea groups is 1. The van der Waals surface area contributed by atoms with Crippen LogP contribution in [-0.4, -0.2) is 41.2 Å². The number of anilines is 1. The van der Waals surface area contributed by atoms with Gasteiger partial charge in [0.15, 0.2) is 0 Å². The van der Waals surface area contributed by atoms with E-state index in [0.29, 0.717) is 25.0 Å². The zero-order valence-electron chi connectivity index (χ0n) is 12.0. The lowest BCUT2D eigenvalue weighted by Crippen LogP contribution is -2.44. The van der Waals surface area contributed by atoms with E-state index < -0.39 is 0 Å². The number of hydrogen-bond donors (Lipinski definition) is 2. The summed E-state index contributed by atoms with van der Waals surface area (Å²) in [5, 5.41) is 3.45. The van der Waals surface area contributed by atoms with Gasteiger partial charge in [0.2, 0.25) is 5.88 Å². The number of nitrogens with one attached hydrogen (secondary N) is 1. The van der Waals surface area contributed by atoms with Gasteiger partial charge in [-0.05, 0) is 38.8 Å². The summed E-state index contributed by atoms with van der Waals surface area (Å²) in [5.74, 6) is 0.625. The molecule has 1 aromatic rings. The molecule has 6 heteroatoms. The number of pyridine rings is 1. The minimum Gasteiger partial charge on any atom is -0.473 e. The van der Waals surface area contributed by atoms with Gasteiger partial charge in [-0.1, -0.05) is 0 Å². The van der Waals surface area contributed by atoms with Crippen molar-refractivity contribution in [3.05, 3.63) is 18.3 Å². The minimum absolute atomic E-state index is 0.0853. The number of aromatic nitrogens is 1. The number of piperidine rings is 1. The van der Waals surface area contributed by atoms with Crippen molar-refractivity contribution < 1.29 is 9.53 Å². The highest BCUT2D eigenvalue weighted by Crippen LogP contribution is 2.25. The average Bonchev–Trinajstić information content (AvgIpc) is 2.41. The van der Waals surface area contributed by atoms with E-state index in [1.165, 1.54) is 0 Å². The minimum atomic E-state index is -0.339. The molecule has 2 amide bonds. The lowest BCUT2D eigenvalue weighted by Gasteiger charge is -2.32. The second-order valence-electron chi connectivity index (χ2n) is 5.27. The molecule has 0 aliphatic carbocycles. The van der Waals surface area contributed by atoms with Crippen molar-refractivity contribution in [1.29, 1.82) is 0 Å². The molecule has 0 spiro atoms. The molecule has 0 bridgehead atoms. The van der Waals surface area contributed by atoms with Crippen LogP contribution < -0.4 is 15.8 Å². The van der Waals surface area contributed by atoms with E-state index in [2.05, 4.69) is 10.3 Å². The molecule has 1 aliphatic rings. The molecule has 2 rings (SSSR count). The van der Waals surface area contributed by atoms with Gasteiger partial charge in [-0.25, -0.2) is 9.78 Å². The number of hydrogen-bond acceptors (Lipinski definition) is 4. The van der Waals surface area contributed by atoms with Crippen LogP contribution in [0.1, 0.15) is 26.7 Å². The lowest BCUT2D eigenvalue weighted by molar-refractivity contribution is 0.192. The Morgan fingerprint density at radius 1 is 1.50 bits per heavy atom. The summed E-state index contributed by atoms with van der Waals surface area (Å²) in [4.78, 5) is 17.0. The van der Waals surface area contributed by atoms with Crippen molar-refractivity contribution in [2.24, 2.45) is 5.73 Å². The summed E-state index contributed by atoms with van der Waals surface area (Å²) >= 11 is 0. The molecular weight excluding hydrogens is 256 g/mol. The third-order valence-corrected chi connectivity index (χ3v) is 3.28. The Balaban J connectivity index is 1.96. The van der Waals surface area contributed by atoms with E-state index >= 15 is 0 Å². The fraction of sp³-hybridized carbons (Fsp3) is 0.571. The van der Waals surface area contributed by atoms with Crippen LogP contribution in [0.2, 0.25) is 0 Å². The molecule has 1 aromatic heterocycles. The molecule has 110 valence electrons. The van der Waals surface area contributed by atoms with Crippen LogP contribution in [0.15, 0.2) is 18.3 Å². The van der Waals surface area contributed by atoms with Crippen LogP contribution in [0, 0.1) is 0 Å². The first kappa shape index (κ1) is 14.4.